The van der Waals surface area contributed by atoms with E-state index in [2.05, 4.69) is 6.92 Å². The molecule has 0 aromatic rings. The van der Waals surface area contributed by atoms with E-state index >= 15 is 0 Å². The summed E-state index contributed by atoms with van der Waals surface area (Å²) < 4.78 is 25.6. The van der Waals surface area contributed by atoms with Crippen LogP contribution >= 0.6 is 0 Å². The molecule has 1 heterocycles. The molecule has 1 N–H and O–H groups in total. The van der Waals surface area contributed by atoms with Gasteiger partial charge in [-0.2, -0.15) is 0 Å². The smallest absolute Gasteiger partial charge is 0.214 e. The van der Waals surface area contributed by atoms with E-state index in [1.165, 1.54) is 12.8 Å². The van der Waals surface area contributed by atoms with Gasteiger partial charge in [-0.15, -0.1) is 0 Å². The summed E-state index contributed by atoms with van der Waals surface area (Å²) in [7, 11) is -3.13. The van der Waals surface area contributed by atoms with E-state index in [4.69, 9.17) is 5.11 Å². The number of aliphatic hydroxyl groups excluding tert-OH is 1. The van der Waals surface area contributed by atoms with Crippen LogP contribution in [-0.2, 0) is 10.0 Å². The SMILES string of the molecule is CCCC1CCCN(S(=O)(=O)CCCO)CC1. The second kappa shape index (κ2) is 7.34. The van der Waals surface area contributed by atoms with E-state index in [1.807, 2.05) is 0 Å². The van der Waals surface area contributed by atoms with Gasteiger partial charge >= 0.3 is 0 Å². The van der Waals surface area contributed by atoms with Crippen LogP contribution in [0.4, 0.5) is 0 Å². The van der Waals surface area contributed by atoms with Gasteiger partial charge in [-0.25, -0.2) is 12.7 Å². The van der Waals surface area contributed by atoms with E-state index < -0.39 is 10.0 Å². The van der Waals surface area contributed by atoms with Crippen LogP contribution in [-0.4, -0.2) is 43.3 Å². The van der Waals surface area contributed by atoms with Gasteiger partial charge in [0.15, 0.2) is 0 Å². The van der Waals surface area contributed by atoms with Gasteiger partial charge in [0.1, 0.15) is 0 Å². The number of sulfonamides is 1. The molecular formula is C12H25NO3S. The fourth-order valence-electron chi connectivity index (χ4n) is 2.49. The molecule has 1 aliphatic heterocycles. The first-order chi connectivity index (χ1) is 8.10. The summed E-state index contributed by atoms with van der Waals surface area (Å²) in [5, 5.41) is 8.71. The Bertz CT molecular complexity index is 303. The summed E-state index contributed by atoms with van der Waals surface area (Å²) in [5.41, 5.74) is 0. The monoisotopic (exact) mass is 263 g/mol. The Hall–Kier alpha value is -0.130. The van der Waals surface area contributed by atoms with Crippen LogP contribution in [0.3, 0.4) is 0 Å². The Kier molecular flexibility index (Phi) is 6.44. The van der Waals surface area contributed by atoms with Crippen molar-refractivity contribution in [2.45, 2.75) is 45.4 Å². The molecule has 0 radical (unpaired) electrons. The van der Waals surface area contributed by atoms with E-state index in [0.29, 0.717) is 25.4 Å². The molecule has 0 aromatic heterocycles. The van der Waals surface area contributed by atoms with E-state index in [0.717, 1.165) is 19.3 Å². The molecule has 0 spiro atoms. The summed E-state index contributed by atoms with van der Waals surface area (Å²) in [6.07, 6.45) is 5.86. The normalized spacial score (nSPS) is 23.5. The summed E-state index contributed by atoms with van der Waals surface area (Å²) in [5.74, 6) is 0.778. The lowest BCUT2D eigenvalue weighted by atomic mass is 9.96. The lowest BCUT2D eigenvalue weighted by molar-refractivity contribution is 0.294. The van der Waals surface area contributed by atoms with Crippen molar-refractivity contribution in [3.63, 3.8) is 0 Å². The maximum atomic E-state index is 12.0. The average molecular weight is 263 g/mol. The number of aliphatic hydroxyl groups is 1. The Morgan fingerprint density at radius 3 is 2.71 bits per heavy atom. The Labute approximate surface area is 105 Å². The molecule has 0 aromatic carbocycles. The average Bonchev–Trinajstić information content (AvgIpc) is 2.53. The molecule has 1 unspecified atom stereocenters. The lowest BCUT2D eigenvalue weighted by Crippen LogP contribution is -2.34. The molecule has 17 heavy (non-hydrogen) atoms. The second-order valence-corrected chi connectivity index (χ2v) is 6.97. The molecule has 1 fully saturated rings. The number of hydrogen-bond acceptors (Lipinski definition) is 3. The largest absolute Gasteiger partial charge is 0.396 e. The zero-order valence-electron chi connectivity index (χ0n) is 10.8. The topological polar surface area (TPSA) is 57.6 Å². The van der Waals surface area contributed by atoms with Crippen LogP contribution < -0.4 is 0 Å². The zero-order chi connectivity index (χ0) is 12.7. The fourth-order valence-corrected chi connectivity index (χ4v) is 4.03. The summed E-state index contributed by atoms with van der Waals surface area (Å²) >= 11 is 0. The number of hydrogen-bond donors (Lipinski definition) is 1. The third kappa shape index (κ3) is 4.94. The Morgan fingerprint density at radius 2 is 2.06 bits per heavy atom. The van der Waals surface area contributed by atoms with Crippen molar-refractivity contribution < 1.29 is 13.5 Å². The molecule has 1 aliphatic rings. The van der Waals surface area contributed by atoms with Gasteiger partial charge in [-0.3, -0.25) is 0 Å². The van der Waals surface area contributed by atoms with Gasteiger partial charge < -0.3 is 5.11 Å². The highest BCUT2D eigenvalue weighted by atomic mass is 32.2. The van der Waals surface area contributed by atoms with Crippen molar-refractivity contribution in [3.05, 3.63) is 0 Å². The van der Waals surface area contributed by atoms with Crippen molar-refractivity contribution in [3.8, 4) is 0 Å². The highest BCUT2D eigenvalue weighted by Crippen LogP contribution is 2.23. The van der Waals surface area contributed by atoms with E-state index in [-0.39, 0.29) is 12.4 Å². The number of nitrogens with zero attached hydrogens (tertiary/aromatic N) is 1. The minimum Gasteiger partial charge on any atom is -0.396 e. The van der Waals surface area contributed by atoms with Crippen molar-refractivity contribution in [1.29, 1.82) is 0 Å². The van der Waals surface area contributed by atoms with Gasteiger partial charge in [0, 0.05) is 19.7 Å². The Balaban J connectivity index is 2.50. The third-order valence-corrected chi connectivity index (χ3v) is 5.41. The molecule has 0 amide bonds. The van der Waals surface area contributed by atoms with Gasteiger partial charge in [0.05, 0.1) is 5.75 Å². The minimum absolute atomic E-state index is 0.0501. The van der Waals surface area contributed by atoms with Crippen molar-refractivity contribution in [1.82, 2.24) is 4.31 Å². The lowest BCUT2D eigenvalue weighted by Gasteiger charge is -2.20. The molecule has 102 valence electrons. The fraction of sp³-hybridized carbons (Fsp3) is 1.00. The summed E-state index contributed by atoms with van der Waals surface area (Å²) in [4.78, 5) is 0. The molecule has 4 nitrogen and oxygen atoms in total. The zero-order valence-corrected chi connectivity index (χ0v) is 11.6. The molecule has 1 rings (SSSR count). The van der Waals surface area contributed by atoms with Crippen molar-refractivity contribution in [2.24, 2.45) is 5.92 Å². The maximum absolute atomic E-state index is 12.0. The molecule has 0 aliphatic carbocycles. The summed E-state index contributed by atoms with van der Waals surface area (Å²) in [6.45, 7) is 3.46. The van der Waals surface area contributed by atoms with Gasteiger partial charge in [0.2, 0.25) is 10.0 Å². The van der Waals surface area contributed by atoms with Gasteiger partial charge in [-0.05, 0) is 31.6 Å². The predicted octanol–water partition coefficient (Wildman–Crippen LogP) is 1.60. The van der Waals surface area contributed by atoms with Crippen LogP contribution in [0, 0.1) is 5.92 Å². The predicted molar refractivity (Wildman–Crippen MR) is 69.3 cm³/mol. The van der Waals surface area contributed by atoms with Crippen LogP contribution in [0.1, 0.15) is 45.4 Å². The van der Waals surface area contributed by atoms with Crippen LogP contribution in [0.5, 0.6) is 0 Å². The molecular weight excluding hydrogens is 238 g/mol. The van der Waals surface area contributed by atoms with E-state index in [9.17, 15) is 8.42 Å². The first kappa shape index (κ1) is 14.9. The molecule has 0 bridgehead atoms. The van der Waals surface area contributed by atoms with Gasteiger partial charge in [0.25, 0.3) is 0 Å². The highest BCUT2D eigenvalue weighted by molar-refractivity contribution is 7.89. The van der Waals surface area contributed by atoms with E-state index in [1.54, 1.807) is 4.31 Å². The first-order valence-electron chi connectivity index (χ1n) is 6.69. The molecule has 0 saturated carbocycles. The third-order valence-electron chi connectivity index (χ3n) is 3.46. The molecule has 1 saturated heterocycles. The van der Waals surface area contributed by atoms with Crippen LogP contribution in [0.25, 0.3) is 0 Å². The molecule has 1 atom stereocenters. The van der Waals surface area contributed by atoms with Crippen LogP contribution in [0.15, 0.2) is 0 Å². The quantitative estimate of drug-likeness (QED) is 0.792. The highest BCUT2D eigenvalue weighted by Gasteiger charge is 2.25. The van der Waals surface area contributed by atoms with Gasteiger partial charge in [-0.1, -0.05) is 19.8 Å². The minimum atomic E-state index is -3.13. The Morgan fingerprint density at radius 1 is 1.29 bits per heavy atom. The second-order valence-electron chi connectivity index (χ2n) is 4.88. The maximum Gasteiger partial charge on any atom is 0.214 e. The van der Waals surface area contributed by atoms with Crippen LogP contribution in [0.2, 0.25) is 0 Å². The molecule has 5 heteroatoms. The number of rotatable bonds is 6. The van der Waals surface area contributed by atoms with Crippen molar-refractivity contribution in [2.75, 3.05) is 25.4 Å². The standard InChI is InChI=1S/C12H25NO3S/c1-2-5-12-6-3-8-13(9-7-12)17(15,16)11-4-10-14/h12,14H,2-11H2,1H3. The summed E-state index contributed by atoms with van der Waals surface area (Å²) in [6, 6.07) is 0. The first-order valence-corrected chi connectivity index (χ1v) is 8.29. The van der Waals surface area contributed by atoms with Crippen molar-refractivity contribution >= 4 is 10.0 Å².